The Morgan fingerprint density at radius 1 is 1.02 bits per heavy atom. The van der Waals surface area contributed by atoms with Gasteiger partial charge in [0.1, 0.15) is 5.57 Å². The Morgan fingerprint density at radius 2 is 1.73 bits per heavy atom. The van der Waals surface area contributed by atoms with Gasteiger partial charge in [0.15, 0.2) is 6.29 Å². The van der Waals surface area contributed by atoms with Gasteiger partial charge in [0, 0.05) is 57.2 Å². The molecule has 1 fully saturated rings. The summed E-state index contributed by atoms with van der Waals surface area (Å²) in [6.07, 6.45) is 9.28. The molecule has 3 aromatic rings. The number of ether oxygens (including phenoxy) is 1. The van der Waals surface area contributed by atoms with Crippen LogP contribution in [0.25, 0.3) is 29.9 Å². The highest BCUT2D eigenvalue weighted by atomic mass is 16.5. The van der Waals surface area contributed by atoms with E-state index in [9.17, 15) is 24.3 Å². The van der Waals surface area contributed by atoms with E-state index in [1.165, 1.54) is 7.11 Å². The van der Waals surface area contributed by atoms with E-state index in [0.29, 0.717) is 51.8 Å². The van der Waals surface area contributed by atoms with Crippen LogP contribution in [0.2, 0.25) is 0 Å². The fourth-order valence-corrected chi connectivity index (χ4v) is 7.30. The van der Waals surface area contributed by atoms with Crippen LogP contribution in [0.5, 0.6) is 0 Å². The third-order valence-electron chi connectivity index (χ3n) is 9.69. The van der Waals surface area contributed by atoms with Crippen molar-refractivity contribution in [3.8, 4) is 0 Å². The first-order valence-corrected chi connectivity index (χ1v) is 15.1. The average molecular weight is 609 g/mol. The maximum atomic E-state index is 14.0. The standard InChI is InChI=1S/C35H36N4O6/c1-7-18-15(3)22-11-23-16(4)20(9-10-28(41)42)32(38-23)30-31(35(44)45-6)34(43)29-17(5)24(39-33(29)30)12-26-19(8-2)21(14-40)27(37-26)13-25(18)36-22/h7,11-14,16,20,32,36-39H,1,8-10H2,2-6H3,(H,41,42)/b23-11-,26-12-,27-13-/t16-,20-,32?/m0/s1. The molecule has 0 saturated carbocycles. The maximum Gasteiger partial charge on any atom is 0.342 e. The number of carbonyl (C=O) groups excluding carboxylic acids is 3. The van der Waals surface area contributed by atoms with Crippen LogP contribution >= 0.6 is 0 Å². The average Bonchev–Trinajstić information content (AvgIpc) is 3.76. The number of carboxylic acid groups (broad SMARTS) is 1. The van der Waals surface area contributed by atoms with Crippen LogP contribution in [0.1, 0.15) is 92.4 Å². The van der Waals surface area contributed by atoms with Crippen molar-refractivity contribution in [3.05, 3.63) is 84.7 Å². The van der Waals surface area contributed by atoms with E-state index in [-0.39, 0.29) is 23.8 Å². The van der Waals surface area contributed by atoms with Crippen LogP contribution < -0.4 is 16.0 Å². The number of aldehydes is 1. The summed E-state index contributed by atoms with van der Waals surface area (Å²) in [5.41, 5.74) is 8.31. The molecule has 0 amide bonds. The predicted octanol–water partition coefficient (Wildman–Crippen LogP) is 3.53. The van der Waals surface area contributed by atoms with Crippen LogP contribution in [-0.4, -0.2) is 57.2 Å². The van der Waals surface area contributed by atoms with Gasteiger partial charge in [0.2, 0.25) is 5.78 Å². The summed E-state index contributed by atoms with van der Waals surface area (Å²) in [7, 11) is 1.24. The van der Waals surface area contributed by atoms with Crippen LogP contribution in [0, 0.1) is 25.7 Å². The van der Waals surface area contributed by atoms with E-state index in [0.717, 1.165) is 45.4 Å². The number of Topliss-reactive ketones (excluding diaryl/α,β-unsaturated/α-hetero) is 1. The molecule has 5 N–H and O–H groups in total. The quantitative estimate of drug-likeness (QED) is 0.156. The highest BCUT2D eigenvalue weighted by Gasteiger charge is 2.47. The fraction of sp³-hybridized carbons (Fsp3) is 0.314. The number of carbonyl (C=O) groups is 4. The molecule has 232 valence electrons. The number of carboxylic acids is 1. The lowest BCUT2D eigenvalue weighted by molar-refractivity contribution is -0.137. The molecule has 3 aromatic heterocycles. The van der Waals surface area contributed by atoms with Crippen molar-refractivity contribution in [2.45, 2.75) is 53.0 Å². The number of aliphatic carboxylic acids is 1. The van der Waals surface area contributed by atoms with Gasteiger partial charge in [-0.15, -0.1) is 0 Å². The van der Waals surface area contributed by atoms with Crippen molar-refractivity contribution in [1.82, 2.24) is 20.3 Å². The lowest BCUT2D eigenvalue weighted by Gasteiger charge is -2.23. The second-order valence-corrected chi connectivity index (χ2v) is 11.9. The molecule has 10 nitrogen and oxygen atoms in total. The Labute approximate surface area is 259 Å². The molecular formula is C35H36N4O6. The minimum atomic E-state index is -0.919. The molecule has 8 bridgehead atoms. The number of H-pyrrole nitrogens is 3. The summed E-state index contributed by atoms with van der Waals surface area (Å²) >= 11 is 0. The third-order valence-corrected chi connectivity index (χ3v) is 9.69. The van der Waals surface area contributed by atoms with Gasteiger partial charge in [-0.1, -0.05) is 26.5 Å². The van der Waals surface area contributed by atoms with Gasteiger partial charge in [-0.25, -0.2) is 4.79 Å². The summed E-state index contributed by atoms with van der Waals surface area (Å²) in [5.74, 6) is -2.48. The number of aromatic amines is 3. The summed E-state index contributed by atoms with van der Waals surface area (Å²) in [4.78, 5) is 61.7. The van der Waals surface area contributed by atoms with Gasteiger partial charge in [0.05, 0.1) is 29.8 Å². The lowest BCUT2D eigenvalue weighted by Crippen LogP contribution is -2.30. The molecule has 45 heavy (non-hydrogen) atoms. The maximum absolute atomic E-state index is 14.0. The normalized spacial score (nSPS) is 22.6. The zero-order chi connectivity index (χ0) is 32.3. The Hall–Kier alpha value is -5.12. The summed E-state index contributed by atoms with van der Waals surface area (Å²) in [6.45, 7) is 11.8. The van der Waals surface area contributed by atoms with Crippen molar-refractivity contribution in [3.63, 3.8) is 0 Å². The highest BCUT2D eigenvalue weighted by molar-refractivity contribution is 6.34. The molecule has 1 saturated heterocycles. The Bertz CT molecular complexity index is 2010. The van der Waals surface area contributed by atoms with Crippen LogP contribution in [0.4, 0.5) is 0 Å². The Morgan fingerprint density at radius 3 is 2.38 bits per heavy atom. The topological polar surface area (TPSA) is 157 Å². The first-order chi connectivity index (χ1) is 21.5. The van der Waals surface area contributed by atoms with Crippen molar-refractivity contribution < 1.29 is 29.0 Å². The molecule has 3 atom stereocenters. The molecule has 1 unspecified atom stereocenters. The third kappa shape index (κ3) is 4.54. The second kappa shape index (κ2) is 11.1. The molecule has 10 heteroatoms. The van der Waals surface area contributed by atoms with E-state index < -0.39 is 23.8 Å². The number of methoxy groups -OCH3 is 1. The van der Waals surface area contributed by atoms with Gasteiger partial charge in [-0.3, -0.25) is 14.4 Å². The van der Waals surface area contributed by atoms with E-state index in [1.54, 1.807) is 6.08 Å². The minimum Gasteiger partial charge on any atom is -0.481 e. The molecule has 2 aliphatic heterocycles. The molecule has 0 aromatic carbocycles. The second-order valence-electron chi connectivity index (χ2n) is 11.9. The molecular weight excluding hydrogens is 572 g/mol. The number of fused-ring (bicyclic) bond motifs is 8. The molecule has 3 aliphatic rings. The van der Waals surface area contributed by atoms with Crippen molar-refractivity contribution in [2.75, 3.05) is 7.11 Å². The van der Waals surface area contributed by atoms with Crippen LogP contribution in [0.15, 0.2) is 17.8 Å². The van der Waals surface area contributed by atoms with E-state index in [2.05, 4.69) is 26.8 Å². The van der Waals surface area contributed by atoms with Crippen molar-refractivity contribution >= 4 is 53.9 Å². The van der Waals surface area contributed by atoms with Gasteiger partial charge in [-0.05, 0) is 67.5 Å². The Kier molecular flexibility index (Phi) is 7.39. The lowest BCUT2D eigenvalue weighted by atomic mass is 9.82. The number of aromatic nitrogens is 3. The fourth-order valence-electron chi connectivity index (χ4n) is 7.30. The minimum absolute atomic E-state index is 0.0534. The number of allylic oxidation sites excluding steroid dienone is 1. The number of nitrogens with one attached hydrogen (secondary N) is 4. The Balaban J connectivity index is 1.73. The van der Waals surface area contributed by atoms with Crippen molar-refractivity contribution in [2.24, 2.45) is 11.8 Å². The van der Waals surface area contributed by atoms with Gasteiger partial charge in [-0.2, -0.15) is 0 Å². The summed E-state index contributed by atoms with van der Waals surface area (Å²) < 4.78 is 5.11. The van der Waals surface area contributed by atoms with Crippen molar-refractivity contribution in [1.29, 1.82) is 0 Å². The number of esters is 1. The van der Waals surface area contributed by atoms with E-state index in [1.807, 2.05) is 45.9 Å². The van der Waals surface area contributed by atoms with Crippen LogP contribution in [-0.2, 0) is 20.7 Å². The zero-order valence-electron chi connectivity index (χ0n) is 25.9. The van der Waals surface area contributed by atoms with Crippen LogP contribution in [0.3, 0.4) is 0 Å². The van der Waals surface area contributed by atoms with E-state index >= 15 is 0 Å². The van der Waals surface area contributed by atoms with Gasteiger partial charge in [0.25, 0.3) is 0 Å². The number of ketones is 1. The highest BCUT2D eigenvalue weighted by Crippen LogP contribution is 2.46. The van der Waals surface area contributed by atoms with E-state index in [4.69, 9.17) is 4.74 Å². The molecule has 0 radical (unpaired) electrons. The monoisotopic (exact) mass is 608 g/mol. The summed E-state index contributed by atoms with van der Waals surface area (Å²) in [6, 6.07) is -0.547. The SMILES string of the molecule is C=Cc1c2[nH]c(c1C)/C=C1\NC(C3=C(C(=O)OC)C(=O)c4c3[nH]c(c4C)/C=c3\[nH]/c(c(C=O)c3CC)=C\2)[C@@H](CCC(=O)O)[C@@H]1C. The molecule has 6 rings (SSSR count). The predicted molar refractivity (Wildman–Crippen MR) is 171 cm³/mol. The zero-order valence-corrected chi connectivity index (χ0v) is 25.9. The van der Waals surface area contributed by atoms with Gasteiger partial charge < -0.3 is 30.1 Å². The number of hydrogen-bond acceptors (Lipinski definition) is 6. The first kappa shape index (κ1) is 29.9. The molecule has 1 aliphatic carbocycles. The number of hydrogen-bond donors (Lipinski definition) is 5. The molecule has 0 spiro atoms. The first-order valence-electron chi connectivity index (χ1n) is 15.1. The smallest absolute Gasteiger partial charge is 0.342 e. The largest absolute Gasteiger partial charge is 0.481 e. The summed E-state index contributed by atoms with van der Waals surface area (Å²) in [5, 5.41) is 14.6. The molecule has 5 heterocycles. The van der Waals surface area contributed by atoms with Gasteiger partial charge >= 0.3 is 11.9 Å². The number of rotatable bonds is 7.